The van der Waals surface area contributed by atoms with Gasteiger partial charge in [0.25, 0.3) is 0 Å². The number of amides is 2. The molecule has 2 unspecified atom stereocenters. The van der Waals surface area contributed by atoms with Crippen LogP contribution in [0.25, 0.3) is 0 Å². The number of carbonyl (C=O) groups excluding carboxylic acids is 1. The van der Waals surface area contributed by atoms with Gasteiger partial charge in [-0.25, -0.2) is 4.79 Å². The standard InChI is InChI=1S/C31H39F6N3O2/c1-19-8-6-7-9-23(19)27-25-16-39(17-29(3,4)18-41)15-21(25)12-13-40(27)28(42)38(5)20(2)24-11-10-22(30(32,33)34)14-26(24)31(35,36)37/h6-11,14,20-21,25,27,41H,12-13,15-18H2,1-5H3/t20?,21?,25-,27+/m1/s1. The number of hydrogen-bond donors (Lipinski definition) is 1. The van der Waals surface area contributed by atoms with Gasteiger partial charge in [0.1, 0.15) is 0 Å². The zero-order chi connectivity index (χ0) is 31.2. The molecule has 2 saturated heterocycles. The highest BCUT2D eigenvalue weighted by Crippen LogP contribution is 2.46. The maximum absolute atomic E-state index is 14.1. The zero-order valence-corrected chi connectivity index (χ0v) is 24.6. The van der Waals surface area contributed by atoms with Gasteiger partial charge >= 0.3 is 18.4 Å². The lowest BCUT2D eigenvalue weighted by atomic mass is 9.78. The number of halogens is 6. The minimum atomic E-state index is -5.04. The van der Waals surface area contributed by atoms with Crippen molar-refractivity contribution in [1.82, 2.24) is 14.7 Å². The third-order valence-corrected chi connectivity index (χ3v) is 8.90. The maximum Gasteiger partial charge on any atom is 0.416 e. The molecular formula is C31H39F6N3O2. The Kier molecular flexibility index (Phi) is 8.96. The highest BCUT2D eigenvalue weighted by Gasteiger charge is 2.48. The molecule has 1 N–H and O–H groups in total. The van der Waals surface area contributed by atoms with Crippen LogP contribution in [-0.4, -0.2) is 65.7 Å². The number of urea groups is 1. The molecule has 0 radical (unpaired) electrons. The van der Waals surface area contributed by atoms with Crippen LogP contribution in [0.4, 0.5) is 31.1 Å². The van der Waals surface area contributed by atoms with Crippen LogP contribution in [0.5, 0.6) is 0 Å². The van der Waals surface area contributed by atoms with Crippen LogP contribution in [0.2, 0.25) is 0 Å². The fourth-order valence-corrected chi connectivity index (χ4v) is 6.56. The molecule has 2 aromatic carbocycles. The second kappa shape index (κ2) is 11.7. The summed E-state index contributed by atoms with van der Waals surface area (Å²) in [6, 6.07) is 7.38. The molecule has 2 amide bonds. The number of aryl methyl sites for hydroxylation is 1. The Bertz CT molecular complexity index is 1280. The molecule has 42 heavy (non-hydrogen) atoms. The predicted molar refractivity (Wildman–Crippen MR) is 148 cm³/mol. The van der Waals surface area contributed by atoms with Gasteiger partial charge in [-0.15, -0.1) is 0 Å². The van der Waals surface area contributed by atoms with Crippen LogP contribution < -0.4 is 0 Å². The molecule has 2 aliphatic heterocycles. The van der Waals surface area contributed by atoms with Crippen LogP contribution in [-0.2, 0) is 12.4 Å². The highest BCUT2D eigenvalue weighted by atomic mass is 19.4. The van der Waals surface area contributed by atoms with Crippen molar-refractivity contribution in [3.8, 4) is 0 Å². The summed E-state index contributed by atoms with van der Waals surface area (Å²) in [6.45, 7) is 10.0. The number of carbonyl (C=O) groups is 1. The summed E-state index contributed by atoms with van der Waals surface area (Å²) in [7, 11) is 1.40. The fourth-order valence-electron chi connectivity index (χ4n) is 6.56. The first kappa shape index (κ1) is 32.1. The molecule has 0 bridgehead atoms. The highest BCUT2D eigenvalue weighted by molar-refractivity contribution is 5.76. The largest absolute Gasteiger partial charge is 0.416 e. The van der Waals surface area contributed by atoms with Crippen LogP contribution in [0.15, 0.2) is 42.5 Å². The number of nitrogens with zero attached hydrogens (tertiary/aromatic N) is 3. The lowest BCUT2D eigenvalue weighted by Crippen LogP contribution is -2.51. The zero-order valence-electron chi connectivity index (χ0n) is 24.6. The molecule has 0 aliphatic carbocycles. The number of alkyl halides is 6. The van der Waals surface area contributed by atoms with Gasteiger partial charge in [-0.2, -0.15) is 26.3 Å². The van der Waals surface area contributed by atoms with Crippen molar-refractivity contribution in [2.45, 2.75) is 58.6 Å². The van der Waals surface area contributed by atoms with E-state index >= 15 is 0 Å². The van der Waals surface area contributed by atoms with E-state index in [1.54, 1.807) is 4.90 Å². The van der Waals surface area contributed by atoms with Gasteiger partial charge in [-0.1, -0.05) is 44.2 Å². The Morgan fingerprint density at radius 3 is 2.31 bits per heavy atom. The smallest absolute Gasteiger partial charge is 0.396 e. The molecule has 0 spiro atoms. The van der Waals surface area contributed by atoms with Gasteiger partial charge in [0.15, 0.2) is 0 Å². The van der Waals surface area contributed by atoms with Crippen molar-refractivity contribution in [2.24, 2.45) is 17.3 Å². The molecule has 232 valence electrons. The second-order valence-electron chi connectivity index (χ2n) is 12.6. The number of piperidine rings is 1. The third-order valence-electron chi connectivity index (χ3n) is 8.90. The third kappa shape index (κ3) is 6.56. The van der Waals surface area contributed by atoms with Gasteiger partial charge in [0.2, 0.25) is 0 Å². The molecule has 2 heterocycles. The molecule has 4 rings (SSSR count). The number of benzene rings is 2. The summed E-state index contributed by atoms with van der Waals surface area (Å²) in [5.41, 5.74) is -1.53. The molecular weight excluding hydrogens is 560 g/mol. The maximum atomic E-state index is 14.1. The van der Waals surface area contributed by atoms with Gasteiger partial charge < -0.3 is 19.8 Å². The van der Waals surface area contributed by atoms with Gasteiger partial charge in [0, 0.05) is 51.2 Å². The molecule has 4 atom stereocenters. The van der Waals surface area contributed by atoms with Gasteiger partial charge in [-0.05, 0) is 55.0 Å². The van der Waals surface area contributed by atoms with E-state index in [1.165, 1.54) is 18.9 Å². The van der Waals surface area contributed by atoms with E-state index in [0.29, 0.717) is 38.0 Å². The molecule has 0 saturated carbocycles. The normalized spacial score (nSPS) is 22.7. The number of likely N-dealkylation sites (tertiary alicyclic amines) is 2. The molecule has 5 nitrogen and oxygen atoms in total. The van der Waals surface area contributed by atoms with Crippen LogP contribution in [0, 0.1) is 24.2 Å². The quantitative estimate of drug-likeness (QED) is 0.359. The van der Waals surface area contributed by atoms with Crippen molar-refractivity contribution in [3.05, 3.63) is 70.3 Å². The minimum Gasteiger partial charge on any atom is -0.396 e. The number of rotatable bonds is 6. The van der Waals surface area contributed by atoms with Crippen LogP contribution in [0.3, 0.4) is 0 Å². The summed E-state index contributed by atoms with van der Waals surface area (Å²) in [5.74, 6) is 0.362. The first-order valence-electron chi connectivity index (χ1n) is 14.1. The number of fused-ring (bicyclic) bond motifs is 1. The molecule has 0 aromatic heterocycles. The molecule has 2 aromatic rings. The van der Waals surface area contributed by atoms with E-state index in [-0.39, 0.29) is 30.0 Å². The Hall–Kier alpha value is -2.79. The lowest BCUT2D eigenvalue weighted by Gasteiger charge is -2.45. The molecule has 11 heteroatoms. The number of aliphatic hydroxyl groups excluding tert-OH is 1. The van der Waals surface area contributed by atoms with Gasteiger partial charge in [-0.3, -0.25) is 0 Å². The van der Waals surface area contributed by atoms with E-state index in [9.17, 15) is 36.2 Å². The summed E-state index contributed by atoms with van der Waals surface area (Å²) in [4.78, 5) is 19.3. The summed E-state index contributed by atoms with van der Waals surface area (Å²) >= 11 is 0. The summed E-state index contributed by atoms with van der Waals surface area (Å²) in [6.07, 6.45) is -9.26. The van der Waals surface area contributed by atoms with Crippen molar-refractivity contribution >= 4 is 6.03 Å². The van der Waals surface area contributed by atoms with Crippen molar-refractivity contribution in [2.75, 3.05) is 39.8 Å². The second-order valence-corrected chi connectivity index (χ2v) is 12.6. The average molecular weight is 600 g/mol. The molecule has 2 aliphatic rings. The van der Waals surface area contributed by atoms with E-state index in [0.717, 1.165) is 23.7 Å². The van der Waals surface area contributed by atoms with Crippen molar-refractivity contribution in [1.29, 1.82) is 0 Å². The fraction of sp³-hybridized carbons (Fsp3) is 0.581. The minimum absolute atomic E-state index is 0.0389. The summed E-state index contributed by atoms with van der Waals surface area (Å²) < 4.78 is 81.6. The Balaban J connectivity index is 1.67. The topological polar surface area (TPSA) is 47.0 Å². The Labute approximate surface area is 243 Å². The van der Waals surface area contributed by atoms with Crippen LogP contribution >= 0.6 is 0 Å². The first-order valence-corrected chi connectivity index (χ1v) is 14.1. The SMILES string of the molecule is Cc1ccccc1[C@H]1[C@@H]2CN(CC(C)(C)CO)CC2CCN1C(=O)N(C)C(C)c1ccc(C(F)(F)F)cc1C(F)(F)F. The van der Waals surface area contributed by atoms with E-state index < -0.39 is 41.1 Å². The monoisotopic (exact) mass is 599 g/mol. The van der Waals surface area contributed by atoms with Crippen molar-refractivity contribution in [3.63, 3.8) is 0 Å². The first-order chi connectivity index (χ1) is 19.4. The Morgan fingerprint density at radius 2 is 1.71 bits per heavy atom. The van der Waals surface area contributed by atoms with E-state index in [2.05, 4.69) is 4.90 Å². The van der Waals surface area contributed by atoms with E-state index in [4.69, 9.17) is 0 Å². The van der Waals surface area contributed by atoms with Gasteiger partial charge in [0.05, 0.1) is 23.2 Å². The number of aliphatic hydroxyl groups is 1. The van der Waals surface area contributed by atoms with Crippen LogP contribution in [0.1, 0.15) is 67.1 Å². The average Bonchev–Trinajstić information content (AvgIpc) is 3.32. The lowest BCUT2D eigenvalue weighted by molar-refractivity contribution is -0.143. The van der Waals surface area contributed by atoms with E-state index in [1.807, 2.05) is 45.0 Å². The van der Waals surface area contributed by atoms with Crippen molar-refractivity contribution < 1.29 is 36.2 Å². The summed E-state index contributed by atoms with van der Waals surface area (Å²) in [5, 5.41) is 9.81. The molecule has 2 fully saturated rings. The Morgan fingerprint density at radius 1 is 1.05 bits per heavy atom. The predicted octanol–water partition coefficient (Wildman–Crippen LogP) is 7.16. The number of hydrogen-bond acceptors (Lipinski definition) is 3.